The molecule has 36 heavy (non-hydrogen) atoms. The van der Waals surface area contributed by atoms with Crippen LogP contribution >= 0.6 is 0 Å². The van der Waals surface area contributed by atoms with Gasteiger partial charge in [0.05, 0.1) is 5.60 Å². The van der Waals surface area contributed by atoms with Crippen molar-refractivity contribution < 1.29 is 19.4 Å². The van der Waals surface area contributed by atoms with Crippen LogP contribution in [0.15, 0.2) is 11.6 Å². The Kier molecular flexibility index (Phi) is 9.43. The summed E-state index contributed by atoms with van der Waals surface area (Å²) < 4.78 is 10.8. The van der Waals surface area contributed by atoms with Crippen molar-refractivity contribution in [1.29, 1.82) is 0 Å². The minimum Gasteiger partial charge on any atom is -0.390 e. The van der Waals surface area contributed by atoms with E-state index in [-0.39, 0.29) is 10.8 Å². The molecule has 4 aliphatic rings. The Morgan fingerprint density at radius 3 is 2.33 bits per heavy atom. The number of rotatable bonds is 13. The summed E-state index contributed by atoms with van der Waals surface area (Å²) in [5.41, 5.74) is 1.20. The Morgan fingerprint density at radius 1 is 0.889 bits per heavy atom. The van der Waals surface area contributed by atoms with Crippen molar-refractivity contribution in [3.05, 3.63) is 11.6 Å². The van der Waals surface area contributed by atoms with E-state index >= 15 is 0 Å². The van der Waals surface area contributed by atoms with Crippen molar-refractivity contribution in [3.63, 3.8) is 0 Å². The SMILES string of the molecule is COCCCCOCCCCCCC[C@@H]1CC2=CC(=O)CC[C@]2(C)[C@H]2CC[C@@]3(C)[C@@H](CC[C@]3(C)O)[C@H]12. The second kappa shape index (κ2) is 12.0. The van der Waals surface area contributed by atoms with E-state index in [1.165, 1.54) is 56.9 Å². The predicted octanol–water partition coefficient (Wildman–Crippen LogP) is 7.28. The van der Waals surface area contributed by atoms with Crippen molar-refractivity contribution in [3.8, 4) is 0 Å². The molecule has 0 spiro atoms. The van der Waals surface area contributed by atoms with Gasteiger partial charge in [-0.3, -0.25) is 4.79 Å². The number of fused-ring (bicyclic) bond motifs is 5. The molecule has 7 atom stereocenters. The van der Waals surface area contributed by atoms with Crippen LogP contribution in [0.25, 0.3) is 0 Å². The average molecular weight is 503 g/mol. The molecule has 0 aromatic heterocycles. The zero-order valence-corrected chi connectivity index (χ0v) is 23.8. The van der Waals surface area contributed by atoms with Gasteiger partial charge in [0.2, 0.25) is 0 Å². The van der Waals surface area contributed by atoms with Crippen molar-refractivity contribution in [2.24, 2.45) is 34.5 Å². The van der Waals surface area contributed by atoms with Gasteiger partial charge in [-0.15, -0.1) is 0 Å². The zero-order valence-electron chi connectivity index (χ0n) is 23.8. The molecule has 3 saturated carbocycles. The van der Waals surface area contributed by atoms with E-state index in [4.69, 9.17) is 9.47 Å². The molecule has 4 aliphatic carbocycles. The highest BCUT2D eigenvalue weighted by Crippen LogP contribution is 2.69. The Balaban J connectivity index is 1.31. The van der Waals surface area contributed by atoms with Gasteiger partial charge in [0, 0.05) is 33.4 Å². The van der Waals surface area contributed by atoms with Gasteiger partial charge < -0.3 is 14.6 Å². The molecular weight excluding hydrogens is 448 g/mol. The second-order valence-corrected chi connectivity index (χ2v) is 13.4. The van der Waals surface area contributed by atoms with Crippen LogP contribution < -0.4 is 0 Å². The molecule has 4 nitrogen and oxygen atoms in total. The summed E-state index contributed by atoms with van der Waals surface area (Å²) in [4.78, 5) is 12.4. The van der Waals surface area contributed by atoms with Gasteiger partial charge in [-0.1, -0.05) is 45.1 Å². The predicted molar refractivity (Wildman–Crippen MR) is 146 cm³/mol. The highest BCUT2D eigenvalue weighted by molar-refractivity contribution is 5.91. The van der Waals surface area contributed by atoms with Gasteiger partial charge in [-0.05, 0) is 112 Å². The molecule has 4 heteroatoms. The van der Waals surface area contributed by atoms with E-state index in [1.54, 1.807) is 7.11 Å². The number of carbonyl (C=O) groups is 1. The van der Waals surface area contributed by atoms with Gasteiger partial charge in [0.15, 0.2) is 5.78 Å². The second-order valence-electron chi connectivity index (χ2n) is 13.4. The first-order valence-corrected chi connectivity index (χ1v) is 15.3. The molecule has 0 saturated heterocycles. The van der Waals surface area contributed by atoms with Crippen LogP contribution in [0.5, 0.6) is 0 Å². The average Bonchev–Trinajstić information content (AvgIpc) is 3.09. The van der Waals surface area contributed by atoms with E-state index in [1.807, 2.05) is 0 Å². The molecule has 0 aromatic rings. The molecule has 1 N–H and O–H groups in total. The van der Waals surface area contributed by atoms with E-state index < -0.39 is 5.60 Å². The quantitative estimate of drug-likeness (QED) is 0.269. The van der Waals surface area contributed by atoms with Crippen molar-refractivity contribution >= 4 is 5.78 Å². The van der Waals surface area contributed by atoms with Crippen LogP contribution in [0.1, 0.15) is 117 Å². The first-order chi connectivity index (χ1) is 17.2. The third kappa shape index (κ3) is 5.66. The minimum atomic E-state index is -0.529. The highest BCUT2D eigenvalue weighted by atomic mass is 16.5. The van der Waals surface area contributed by atoms with E-state index in [0.29, 0.717) is 29.5 Å². The summed E-state index contributed by atoms with van der Waals surface area (Å²) in [6, 6.07) is 0. The highest BCUT2D eigenvalue weighted by Gasteiger charge is 2.64. The van der Waals surface area contributed by atoms with E-state index in [0.717, 1.165) is 64.8 Å². The fraction of sp³-hybridized carbons (Fsp3) is 0.906. The van der Waals surface area contributed by atoms with Crippen molar-refractivity contribution in [2.75, 3.05) is 26.9 Å². The molecule has 3 fully saturated rings. The Hall–Kier alpha value is -0.710. The lowest BCUT2D eigenvalue weighted by Gasteiger charge is -2.61. The fourth-order valence-electron chi connectivity index (χ4n) is 8.94. The Bertz CT molecular complexity index is 772. The topological polar surface area (TPSA) is 55.8 Å². The first-order valence-electron chi connectivity index (χ1n) is 15.3. The lowest BCUT2D eigenvalue weighted by atomic mass is 9.44. The number of carbonyl (C=O) groups excluding carboxylic acids is 1. The number of aliphatic hydroxyl groups is 1. The number of ketones is 1. The largest absolute Gasteiger partial charge is 0.390 e. The van der Waals surface area contributed by atoms with Crippen molar-refractivity contribution in [1.82, 2.24) is 0 Å². The standard InChI is InChI=1S/C32H54O4/c1-30-16-13-26(33)23-25(30)22-24(12-8-6-5-7-9-20-36-21-11-10-19-35-4)29-27(30)14-17-31(2)28(29)15-18-32(31,3)34/h23-24,27-29,34H,5-22H2,1-4H3/t24-,27+,28+,29-,30+,31+,32+/m1/s1. The van der Waals surface area contributed by atoms with Crippen LogP contribution in [0.2, 0.25) is 0 Å². The zero-order chi connectivity index (χ0) is 25.8. The molecule has 0 aromatic carbocycles. The van der Waals surface area contributed by atoms with Gasteiger partial charge in [-0.2, -0.15) is 0 Å². The number of methoxy groups -OCH3 is 1. The summed E-state index contributed by atoms with van der Waals surface area (Å²) in [5.74, 6) is 3.05. The number of hydrogen-bond acceptors (Lipinski definition) is 4. The molecule has 206 valence electrons. The van der Waals surface area contributed by atoms with Gasteiger partial charge in [0.1, 0.15) is 0 Å². The first kappa shape index (κ1) is 28.3. The van der Waals surface area contributed by atoms with Crippen LogP contribution in [0.4, 0.5) is 0 Å². The molecule has 0 aliphatic heterocycles. The van der Waals surface area contributed by atoms with Gasteiger partial charge >= 0.3 is 0 Å². The minimum absolute atomic E-state index is 0.0536. The normalized spacial score (nSPS) is 39.9. The summed E-state index contributed by atoms with van der Waals surface area (Å²) in [7, 11) is 1.75. The van der Waals surface area contributed by atoms with E-state index in [2.05, 4.69) is 26.8 Å². The molecule has 0 bridgehead atoms. The van der Waals surface area contributed by atoms with Crippen LogP contribution in [0.3, 0.4) is 0 Å². The molecule has 0 unspecified atom stereocenters. The Morgan fingerprint density at radius 2 is 1.56 bits per heavy atom. The molecule has 0 radical (unpaired) electrons. The smallest absolute Gasteiger partial charge is 0.155 e. The lowest BCUT2D eigenvalue weighted by molar-refractivity contribution is -0.135. The monoisotopic (exact) mass is 502 g/mol. The summed E-state index contributed by atoms with van der Waals surface area (Å²) in [6.07, 6.45) is 19.2. The maximum absolute atomic E-state index is 12.4. The Labute approximate surface area is 221 Å². The van der Waals surface area contributed by atoms with Crippen LogP contribution in [-0.4, -0.2) is 43.4 Å². The molecular formula is C32H54O4. The summed E-state index contributed by atoms with van der Waals surface area (Å²) in [6.45, 7) is 9.57. The summed E-state index contributed by atoms with van der Waals surface area (Å²) >= 11 is 0. The third-order valence-corrected chi connectivity index (χ3v) is 11.4. The number of allylic oxidation sites excluding steroid dienone is 1. The number of hydrogen-bond donors (Lipinski definition) is 1. The van der Waals surface area contributed by atoms with Crippen LogP contribution in [-0.2, 0) is 14.3 Å². The van der Waals surface area contributed by atoms with Gasteiger partial charge in [0.25, 0.3) is 0 Å². The molecule has 0 heterocycles. The maximum atomic E-state index is 12.4. The molecule has 4 rings (SSSR count). The van der Waals surface area contributed by atoms with Gasteiger partial charge in [-0.25, -0.2) is 0 Å². The third-order valence-electron chi connectivity index (χ3n) is 11.4. The van der Waals surface area contributed by atoms with Crippen LogP contribution in [0, 0.1) is 34.5 Å². The fourth-order valence-corrected chi connectivity index (χ4v) is 8.94. The number of unbranched alkanes of at least 4 members (excludes halogenated alkanes) is 5. The summed E-state index contributed by atoms with van der Waals surface area (Å²) in [5, 5.41) is 11.4. The van der Waals surface area contributed by atoms with E-state index in [9.17, 15) is 9.90 Å². The lowest BCUT2D eigenvalue weighted by Crippen LogP contribution is -2.56. The molecule has 0 amide bonds. The number of ether oxygens (including phenoxy) is 2. The van der Waals surface area contributed by atoms with Crippen molar-refractivity contribution in [2.45, 2.75) is 123 Å². The maximum Gasteiger partial charge on any atom is 0.155 e.